The summed E-state index contributed by atoms with van der Waals surface area (Å²) in [5.74, 6) is -0.857. The molecule has 3 nitrogen and oxygen atoms in total. The summed E-state index contributed by atoms with van der Waals surface area (Å²) < 4.78 is 0. The van der Waals surface area contributed by atoms with Crippen LogP contribution in [0.2, 0.25) is 0 Å². The van der Waals surface area contributed by atoms with Crippen LogP contribution < -0.4 is 0 Å². The molecule has 0 aliphatic carbocycles. The van der Waals surface area contributed by atoms with Gasteiger partial charge in [-0.1, -0.05) is 20.8 Å². The van der Waals surface area contributed by atoms with Gasteiger partial charge in [-0.3, -0.25) is 0 Å². The first-order valence-corrected chi connectivity index (χ1v) is 3.86. The van der Waals surface area contributed by atoms with Crippen LogP contribution in [0, 0.1) is 11.8 Å². The Morgan fingerprint density at radius 2 is 1.82 bits per heavy atom. The van der Waals surface area contributed by atoms with E-state index in [2.05, 4.69) is 0 Å². The first kappa shape index (κ1) is 10.4. The summed E-state index contributed by atoms with van der Waals surface area (Å²) in [6.07, 6.45) is -0.467. The number of carboxylic acids is 1. The third kappa shape index (κ3) is 3.98. The van der Waals surface area contributed by atoms with Crippen LogP contribution in [0.4, 0.5) is 0 Å². The fourth-order valence-electron chi connectivity index (χ4n) is 1.12. The van der Waals surface area contributed by atoms with Crippen molar-refractivity contribution in [3.63, 3.8) is 0 Å². The van der Waals surface area contributed by atoms with Gasteiger partial charge in [-0.15, -0.1) is 0 Å². The average molecular weight is 160 g/mol. The van der Waals surface area contributed by atoms with Crippen molar-refractivity contribution in [2.45, 2.75) is 33.3 Å². The van der Waals surface area contributed by atoms with Crippen molar-refractivity contribution in [1.82, 2.24) is 0 Å². The molecule has 0 radical (unpaired) electrons. The molecule has 0 fully saturated rings. The lowest BCUT2D eigenvalue weighted by Crippen LogP contribution is -2.28. The predicted octanol–water partition coefficient (Wildman–Crippen LogP) is 1.11. The van der Waals surface area contributed by atoms with Crippen LogP contribution in [-0.2, 0) is 4.79 Å². The van der Waals surface area contributed by atoms with E-state index in [4.69, 9.17) is 10.2 Å². The molecule has 2 N–H and O–H groups in total. The highest BCUT2D eigenvalue weighted by Crippen LogP contribution is 2.14. The van der Waals surface area contributed by atoms with Gasteiger partial charge in [-0.25, -0.2) is 4.79 Å². The number of carbonyl (C=O) groups is 1. The molecule has 0 aromatic carbocycles. The molecule has 0 aliphatic rings. The Morgan fingerprint density at radius 1 is 1.36 bits per heavy atom. The van der Waals surface area contributed by atoms with Crippen LogP contribution in [0.3, 0.4) is 0 Å². The number of carboxylic acid groups (broad SMARTS) is 1. The Kier molecular flexibility index (Phi) is 4.11. The van der Waals surface area contributed by atoms with E-state index < -0.39 is 12.1 Å². The number of aliphatic hydroxyl groups is 1. The van der Waals surface area contributed by atoms with E-state index in [0.29, 0.717) is 5.92 Å². The number of aliphatic carboxylic acids is 1. The molecule has 0 aromatic rings. The summed E-state index contributed by atoms with van der Waals surface area (Å²) in [7, 11) is 0. The third-order valence-electron chi connectivity index (χ3n) is 1.64. The second-order valence-electron chi connectivity index (χ2n) is 3.39. The Hall–Kier alpha value is -0.570. The highest BCUT2D eigenvalue weighted by Gasteiger charge is 2.21. The summed E-state index contributed by atoms with van der Waals surface area (Å²) in [4.78, 5) is 10.3. The lowest BCUT2D eigenvalue weighted by molar-refractivity contribution is -0.149. The Balaban J connectivity index is 3.82. The maximum absolute atomic E-state index is 10.3. The van der Waals surface area contributed by atoms with Gasteiger partial charge in [0.2, 0.25) is 0 Å². The quantitative estimate of drug-likeness (QED) is 0.647. The second-order valence-corrected chi connectivity index (χ2v) is 3.39. The largest absolute Gasteiger partial charge is 0.479 e. The lowest BCUT2D eigenvalue weighted by atomic mass is 9.94. The number of rotatable bonds is 4. The zero-order valence-corrected chi connectivity index (χ0v) is 7.24. The van der Waals surface area contributed by atoms with Gasteiger partial charge in [0.05, 0.1) is 0 Å². The van der Waals surface area contributed by atoms with Gasteiger partial charge in [-0.2, -0.15) is 0 Å². The molecule has 0 spiro atoms. The molecule has 0 bridgehead atoms. The summed E-state index contributed by atoms with van der Waals surface area (Å²) >= 11 is 0. The Bertz CT molecular complexity index is 131. The average Bonchev–Trinajstić information content (AvgIpc) is 1.84. The minimum absolute atomic E-state index is 0.160. The van der Waals surface area contributed by atoms with E-state index in [1.54, 1.807) is 6.92 Å². The molecule has 0 saturated carbocycles. The molecular formula is C8H16O3. The SMILES string of the molecule is CC(C)C[C@@H](C)[C@@H](O)C(=O)O. The normalized spacial score (nSPS) is 16.5. The summed E-state index contributed by atoms with van der Waals surface area (Å²) in [6, 6.07) is 0. The van der Waals surface area contributed by atoms with Crippen LogP contribution >= 0.6 is 0 Å². The van der Waals surface area contributed by atoms with Gasteiger partial charge >= 0.3 is 5.97 Å². The van der Waals surface area contributed by atoms with Crippen LogP contribution in [0.5, 0.6) is 0 Å². The highest BCUT2D eigenvalue weighted by molar-refractivity contribution is 5.72. The molecule has 3 heteroatoms. The summed E-state index contributed by atoms with van der Waals surface area (Å²) in [6.45, 7) is 5.76. The Labute approximate surface area is 67.0 Å². The topological polar surface area (TPSA) is 57.5 Å². The maximum Gasteiger partial charge on any atom is 0.332 e. The van der Waals surface area contributed by atoms with Crippen LogP contribution in [-0.4, -0.2) is 22.3 Å². The van der Waals surface area contributed by atoms with E-state index in [1.165, 1.54) is 0 Å². The second kappa shape index (κ2) is 4.34. The van der Waals surface area contributed by atoms with Crippen molar-refractivity contribution in [2.75, 3.05) is 0 Å². The molecule has 0 rings (SSSR count). The van der Waals surface area contributed by atoms with E-state index in [9.17, 15) is 4.79 Å². The van der Waals surface area contributed by atoms with E-state index in [-0.39, 0.29) is 5.92 Å². The molecule has 11 heavy (non-hydrogen) atoms. The van der Waals surface area contributed by atoms with Gasteiger partial charge in [0.1, 0.15) is 0 Å². The summed E-state index contributed by atoms with van der Waals surface area (Å²) in [5, 5.41) is 17.5. The number of hydrogen-bond donors (Lipinski definition) is 2. The standard InChI is InChI=1S/C8H16O3/c1-5(2)4-6(3)7(9)8(10)11/h5-7,9H,4H2,1-3H3,(H,10,11)/t6-,7-/m1/s1. The van der Waals surface area contributed by atoms with Crippen molar-refractivity contribution in [3.05, 3.63) is 0 Å². The molecular weight excluding hydrogens is 144 g/mol. The van der Waals surface area contributed by atoms with Gasteiger partial charge < -0.3 is 10.2 Å². The van der Waals surface area contributed by atoms with E-state index in [0.717, 1.165) is 6.42 Å². The molecule has 0 amide bonds. The van der Waals surface area contributed by atoms with Gasteiger partial charge in [0, 0.05) is 0 Å². The first-order chi connectivity index (χ1) is 4.95. The van der Waals surface area contributed by atoms with Crippen molar-refractivity contribution in [3.8, 4) is 0 Å². The lowest BCUT2D eigenvalue weighted by Gasteiger charge is -2.16. The fraction of sp³-hybridized carbons (Fsp3) is 0.875. The molecule has 0 unspecified atom stereocenters. The van der Waals surface area contributed by atoms with E-state index in [1.807, 2.05) is 13.8 Å². The molecule has 66 valence electrons. The van der Waals surface area contributed by atoms with Crippen LogP contribution in [0.1, 0.15) is 27.2 Å². The smallest absolute Gasteiger partial charge is 0.332 e. The number of aliphatic hydroxyl groups excluding tert-OH is 1. The molecule has 0 aliphatic heterocycles. The monoisotopic (exact) mass is 160 g/mol. The zero-order valence-electron chi connectivity index (χ0n) is 7.24. The zero-order chi connectivity index (χ0) is 9.02. The minimum Gasteiger partial charge on any atom is -0.479 e. The van der Waals surface area contributed by atoms with Crippen LogP contribution in [0.25, 0.3) is 0 Å². The predicted molar refractivity (Wildman–Crippen MR) is 42.3 cm³/mol. The molecule has 2 atom stereocenters. The molecule has 0 heterocycles. The van der Waals surface area contributed by atoms with Crippen molar-refractivity contribution >= 4 is 5.97 Å². The Morgan fingerprint density at radius 3 is 2.09 bits per heavy atom. The van der Waals surface area contributed by atoms with Crippen molar-refractivity contribution < 1.29 is 15.0 Å². The maximum atomic E-state index is 10.3. The summed E-state index contributed by atoms with van der Waals surface area (Å²) in [5.41, 5.74) is 0. The van der Waals surface area contributed by atoms with Crippen molar-refractivity contribution in [2.24, 2.45) is 11.8 Å². The van der Waals surface area contributed by atoms with E-state index >= 15 is 0 Å². The van der Waals surface area contributed by atoms with Crippen LogP contribution in [0.15, 0.2) is 0 Å². The van der Waals surface area contributed by atoms with Crippen molar-refractivity contribution in [1.29, 1.82) is 0 Å². The van der Waals surface area contributed by atoms with Gasteiger partial charge in [0.15, 0.2) is 6.10 Å². The first-order valence-electron chi connectivity index (χ1n) is 3.86. The highest BCUT2D eigenvalue weighted by atomic mass is 16.4. The van der Waals surface area contributed by atoms with Gasteiger partial charge in [-0.05, 0) is 18.3 Å². The minimum atomic E-state index is -1.21. The molecule has 0 aromatic heterocycles. The third-order valence-corrected chi connectivity index (χ3v) is 1.64. The number of hydrogen-bond acceptors (Lipinski definition) is 2. The fourth-order valence-corrected chi connectivity index (χ4v) is 1.12. The molecule has 0 saturated heterocycles. The van der Waals surface area contributed by atoms with Gasteiger partial charge in [0.25, 0.3) is 0 Å².